The fourth-order valence-electron chi connectivity index (χ4n) is 1.93. The fraction of sp³-hybridized carbons (Fsp3) is 0.200. The van der Waals surface area contributed by atoms with Crippen LogP contribution in [0.1, 0.15) is 12.5 Å². The summed E-state index contributed by atoms with van der Waals surface area (Å²) in [7, 11) is 1.52. The molecule has 1 aromatic carbocycles. The third-order valence-corrected chi connectivity index (χ3v) is 2.86. The standard InChI is InChI=1S/C15H15FNO.Y/c1-4-17-11(2)6-5-7-15(17)13-9-8-12(18-3)10-14(13)16;/h5-6,8-10H,2,4H2,1,3H3;/q-1;. The molecule has 0 atom stereocenters. The topological polar surface area (TPSA) is 12.5 Å². The van der Waals surface area contributed by atoms with Gasteiger partial charge in [-0.3, -0.25) is 0 Å². The van der Waals surface area contributed by atoms with Crippen LogP contribution in [0.4, 0.5) is 4.39 Å². The average Bonchev–Trinajstić information content (AvgIpc) is 2.38. The van der Waals surface area contributed by atoms with E-state index in [9.17, 15) is 4.39 Å². The summed E-state index contributed by atoms with van der Waals surface area (Å²) in [5, 5.41) is 0. The molecule has 0 unspecified atom stereocenters. The summed E-state index contributed by atoms with van der Waals surface area (Å²) in [5.41, 5.74) is 2.04. The molecule has 0 spiro atoms. The van der Waals surface area contributed by atoms with Gasteiger partial charge >= 0.3 is 0 Å². The minimum absolute atomic E-state index is 0. The Balaban J connectivity index is 0.00000180. The van der Waals surface area contributed by atoms with Crippen LogP contribution in [0.15, 0.2) is 42.6 Å². The molecule has 0 saturated carbocycles. The number of rotatable bonds is 3. The molecular formula is C15H15FNOY-. The zero-order valence-electron chi connectivity index (χ0n) is 11.1. The van der Waals surface area contributed by atoms with Gasteiger partial charge in [-0.05, 0) is 18.7 Å². The van der Waals surface area contributed by atoms with E-state index in [-0.39, 0.29) is 38.5 Å². The quantitative estimate of drug-likeness (QED) is 0.787. The Morgan fingerprint density at radius 3 is 2.74 bits per heavy atom. The van der Waals surface area contributed by atoms with E-state index in [1.165, 1.54) is 13.2 Å². The van der Waals surface area contributed by atoms with Gasteiger partial charge in [0.15, 0.2) is 0 Å². The van der Waals surface area contributed by atoms with Crippen LogP contribution in [-0.4, -0.2) is 18.6 Å². The Hall–Kier alpha value is -0.926. The van der Waals surface area contributed by atoms with Gasteiger partial charge in [0.25, 0.3) is 0 Å². The van der Waals surface area contributed by atoms with Crippen molar-refractivity contribution in [2.24, 2.45) is 0 Å². The molecule has 0 saturated heterocycles. The number of likely N-dealkylation sites (N-methyl/N-ethyl adjacent to an activating group) is 1. The average molecular weight is 333 g/mol. The van der Waals surface area contributed by atoms with Gasteiger partial charge in [-0.25, -0.2) is 4.39 Å². The summed E-state index contributed by atoms with van der Waals surface area (Å²) in [6, 6.07) is 4.81. The first-order valence-corrected chi connectivity index (χ1v) is 5.77. The first kappa shape index (κ1) is 16.1. The molecule has 0 N–H and O–H groups in total. The fourth-order valence-corrected chi connectivity index (χ4v) is 1.93. The largest absolute Gasteiger partial charge is 0.497 e. The van der Waals surface area contributed by atoms with Crippen LogP contribution < -0.4 is 4.74 Å². The third kappa shape index (κ3) is 3.34. The van der Waals surface area contributed by atoms with Gasteiger partial charge in [0.2, 0.25) is 0 Å². The maximum Gasteiger partial charge on any atom is 0.119 e. The molecule has 0 aliphatic carbocycles. The van der Waals surface area contributed by atoms with Crippen molar-refractivity contribution in [2.75, 3.05) is 13.7 Å². The predicted octanol–water partition coefficient (Wildman–Crippen LogP) is 3.38. The maximum atomic E-state index is 14.0. The normalized spacial score (nSPS) is 13.9. The number of halogens is 1. The zero-order chi connectivity index (χ0) is 13.1. The number of hydrogen-bond donors (Lipinski definition) is 0. The molecule has 0 bridgehead atoms. The smallest absolute Gasteiger partial charge is 0.119 e. The number of hydrogen-bond acceptors (Lipinski definition) is 2. The van der Waals surface area contributed by atoms with Crippen LogP contribution in [0.2, 0.25) is 0 Å². The molecule has 2 nitrogen and oxygen atoms in total. The van der Waals surface area contributed by atoms with Crippen LogP contribution >= 0.6 is 0 Å². The molecule has 1 heterocycles. The van der Waals surface area contributed by atoms with Gasteiger partial charge in [-0.15, -0.1) is 12.1 Å². The van der Waals surface area contributed by atoms with E-state index < -0.39 is 0 Å². The van der Waals surface area contributed by atoms with Gasteiger partial charge in [-0.2, -0.15) is 12.2 Å². The third-order valence-electron chi connectivity index (χ3n) is 2.86. The van der Waals surface area contributed by atoms with Crippen LogP contribution in [0, 0.1) is 11.9 Å². The number of methoxy groups -OCH3 is 1. The molecule has 1 aliphatic heterocycles. The molecule has 1 aromatic rings. The van der Waals surface area contributed by atoms with Crippen LogP contribution in [0.5, 0.6) is 5.75 Å². The van der Waals surface area contributed by atoms with Gasteiger partial charge in [0.1, 0.15) is 5.75 Å². The molecular weight excluding hydrogens is 318 g/mol. The number of nitrogens with zero attached hydrogens (tertiary/aromatic N) is 1. The van der Waals surface area contributed by atoms with Crippen molar-refractivity contribution >= 4 is 5.70 Å². The van der Waals surface area contributed by atoms with E-state index in [1.807, 2.05) is 17.9 Å². The van der Waals surface area contributed by atoms with Crippen molar-refractivity contribution in [2.45, 2.75) is 6.92 Å². The molecule has 0 amide bonds. The van der Waals surface area contributed by atoms with Crippen molar-refractivity contribution in [3.05, 3.63) is 60.1 Å². The summed E-state index contributed by atoms with van der Waals surface area (Å²) in [5.74, 6) is 0.184. The van der Waals surface area contributed by atoms with Crippen LogP contribution in [0.25, 0.3) is 5.70 Å². The zero-order valence-corrected chi connectivity index (χ0v) is 14.0. The van der Waals surface area contributed by atoms with E-state index >= 15 is 0 Å². The van der Waals surface area contributed by atoms with Crippen molar-refractivity contribution < 1.29 is 41.8 Å². The predicted molar refractivity (Wildman–Crippen MR) is 70.3 cm³/mol. The summed E-state index contributed by atoms with van der Waals surface area (Å²) in [6.45, 7) is 6.65. The Bertz CT molecular complexity index is 537. The monoisotopic (exact) mass is 333 g/mol. The van der Waals surface area contributed by atoms with Crippen molar-refractivity contribution in [3.8, 4) is 5.75 Å². The van der Waals surface area contributed by atoms with E-state index in [0.29, 0.717) is 17.0 Å². The van der Waals surface area contributed by atoms with E-state index in [1.54, 1.807) is 18.2 Å². The summed E-state index contributed by atoms with van der Waals surface area (Å²) in [6.07, 6.45) is 6.68. The Morgan fingerprint density at radius 2 is 2.16 bits per heavy atom. The summed E-state index contributed by atoms with van der Waals surface area (Å²) in [4.78, 5) is 1.92. The minimum Gasteiger partial charge on any atom is -0.497 e. The number of allylic oxidation sites excluding steroid dienone is 3. The first-order valence-electron chi connectivity index (χ1n) is 5.77. The second-order valence-corrected chi connectivity index (χ2v) is 3.91. The van der Waals surface area contributed by atoms with Gasteiger partial charge in [-0.1, -0.05) is 17.8 Å². The van der Waals surface area contributed by atoms with Gasteiger partial charge < -0.3 is 9.64 Å². The molecule has 4 heteroatoms. The maximum absolute atomic E-state index is 14.0. The second-order valence-electron chi connectivity index (χ2n) is 3.91. The molecule has 97 valence electrons. The van der Waals surface area contributed by atoms with Crippen LogP contribution in [-0.2, 0) is 32.7 Å². The molecule has 19 heavy (non-hydrogen) atoms. The molecule has 1 radical (unpaired) electrons. The van der Waals surface area contributed by atoms with Crippen molar-refractivity contribution in [3.63, 3.8) is 0 Å². The minimum atomic E-state index is -0.321. The van der Waals surface area contributed by atoms with E-state index in [0.717, 1.165) is 12.2 Å². The van der Waals surface area contributed by atoms with E-state index in [4.69, 9.17) is 4.74 Å². The van der Waals surface area contributed by atoms with Gasteiger partial charge in [0, 0.05) is 45.3 Å². The van der Waals surface area contributed by atoms with E-state index in [2.05, 4.69) is 12.7 Å². The number of benzene rings is 1. The van der Waals surface area contributed by atoms with Crippen molar-refractivity contribution in [1.82, 2.24) is 4.90 Å². The molecule has 1 aliphatic rings. The SMILES string of the molecule is C=C1C=C[C-]=C(c2ccc(OC)cc2F)N1CC.[Y]. The van der Waals surface area contributed by atoms with Crippen LogP contribution in [0.3, 0.4) is 0 Å². The Labute approximate surface area is 138 Å². The summed E-state index contributed by atoms with van der Waals surface area (Å²) < 4.78 is 19.0. The Morgan fingerprint density at radius 1 is 1.42 bits per heavy atom. The summed E-state index contributed by atoms with van der Waals surface area (Å²) >= 11 is 0. The van der Waals surface area contributed by atoms with Crippen molar-refractivity contribution in [1.29, 1.82) is 0 Å². The second kappa shape index (κ2) is 7.02. The molecule has 0 fully saturated rings. The molecule has 0 aromatic heterocycles. The number of ether oxygens (including phenoxy) is 1. The first-order chi connectivity index (χ1) is 8.67. The molecule has 2 rings (SSSR count). The van der Waals surface area contributed by atoms with Gasteiger partial charge in [0.05, 0.1) is 12.9 Å². The Kier molecular flexibility index (Phi) is 5.96.